The van der Waals surface area contributed by atoms with Crippen LogP contribution in [0.25, 0.3) is 0 Å². The van der Waals surface area contributed by atoms with Gasteiger partial charge in [0.1, 0.15) is 0 Å². The Kier molecular flexibility index (Phi) is 4.67. The Morgan fingerprint density at radius 3 is 2.84 bits per heavy atom. The maximum atomic E-state index is 13.3. The van der Waals surface area contributed by atoms with Crippen molar-refractivity contribution in [1.82, 2.24) is 15.2 Å². The minimum atomic E-state index is -3.54. The van der Waals surface area contributed by atoms with Crippen molar-refractivity contribution < 1.29 is 12.8 Å². The van der Waals surface area contributed by atoms with E-state index in [1.807, 2.05) is 0 Å². The van der Waals surface area contributed by atoms with Crippen LogP contribution in [0.1, 0.15) is 0 Å². The molecule has 1 aromatic heterocycles. The normalized spacial score (nSPS) is 17.3. The molecule has 1 aliphatic heterocycles. The van der Waals surface area contributed by atoms with Gasteiger partial charge < -0.3 is 5.32 Å². The van der Waals surface area contributed by atoms with Crippen LogP contribution in [0.4, 0.5) is 10.1 Å². The second kappa shape index (κ2) is 6.27. The molecule has 2 N–H and O–H groups in total. The number of rotatable bonds is 5. The maximum absolute atomic E-state index is 13.3. The van der Waals surface area contributed by atoms with Gasteiger partial charge in [-0.25, -0.2) is 12.8 Å². The molecule has 106 valence electrons. The van der Waals surface area contributed by atoms with Gasteiger partial charge in [-0.1, -0.05) is 0 Å². The summed E-state index contributed by atoms with van der Waals surface area (Å²) < 4.78 is 39.3. The van der Waals surface area contributed by atoms with Gasteiger partial charge in [0.15, 0.2) is 5.82 Å². The van der Waals surface area contributed by atoms with Crippen molar-refractivity contribution in [2.45, 2.75) is 0 Å². The summed E-state index contributed by atoms with van der Waals surface area (Å²) in [6.45, 7) is 3.85. The molecular formula is C11H17FN4O2S. The van der Waals surface area contributed by atoms with Gasteiger partial charge in [0.05, 0.1) is 17.6 Å². The fraction of sp³-hybridized carbons (Fsp3) is 0.545. The topological polar surface area (TPSA) is 74.3 Å². The summed E-state index contributed by atoms with van der Waals surface area (Å²) in [7, 11) is -3.54. The van der Waals surface area contributed by atoms with Crippen molar-refractivity contribution in [3.05, 3.63) is 24.3 Å². The minimum Gasteiger partial charge on any atom is -0.314 e. The first kappa shape index (κ1) is 14.2. The molecule has 0 radical (unpaired) electrons. The van der Waals surface area contributed by atoms with Crippen LogP contribution in [0.5, 0.6) is 0 Å². The van der Waals surface area contributed by atoms with E-state index in [1.165, 1.54) is 12.3 Å². The van der Waals surface area contributed by atoms with Crippen LogP contribution < -0.4 is 10.0 Å². The quantitative estimate of drug-likeness (QED) is 0.789. The number of hydrogen-bond acceptors (Lipinski definition) is 5. The maximum Gasteiger partial charge on any atom is 0.234 e. The number of nitrogens with one attached hydrogen (secondary N) is 2. The van der Waals surface area contributed by atoms with Gasteiger partial charge in [-0.05, 0) is 6.07 Å². The summed E-state index contributed by atoms with van der Waals surface area (Å²) in [6, 6.07) is 1.30. The predicted molar refractivity (Wildman–Crippen MR) is 70.9 cm³/mol. The molecule has 1 fully saturated rings. The molecule has 8 heteroatoms. The van der Waals surface area contributed by atoms with Crippen LogP contribution in [-0.4, -0.2) is 56.8 Å². The van der Waals surface area contributed by atoms with Crippen molar-refractivity contribution in [1.29, 1.82) is 0 Å². The highest BCUT2D eigenvalue weighted by atomic mass is 32.2. The van der Waals surface area contributed by atoms with Crippen molar-refractivity contribution in [2.24, 2.45) is 0 Å². The first-order valence-corrected chi connectivity index (χ1v) is 7.75. The molecule has 2 rings (SSSR count). The lowest BCUT2D eigenvalue weighted by Crippen LogP contribution is -2.45. The molecule has 1 aromatic rings. The zero-order valence-electron chi connectivity index (χ0n) is 10.5. The van der Waals surface area contributed by atoms with Gasteiger partial charge in [-0.15, -0.1) is 0 Å². The highest BCUT2D eigenvalue weighted by molar-refractivity contribution is 7.92. The third kappa shape index (κ3) is 4.41. The number of hydrogen-bond donors (Lipinski definition) is 2. The summed E-state index contributed by atoms with van der Waals surface area (Å²) in [4.78, 5) is 5.64. The second-order valence-electron chi connectivity index (χ2n) is 4.37. The van der Waals surface area contributed by atoms with E-state index in [9.17, 15) is 12.8 Å². The number of halogens is 1. The van der Waals surface area contributed by atoms with Gasteiger partial charge in [0.25, 0.3) is 0 Å². The lowest BCUT2D eigenvalue weighted by molar-refractivity contribution is 0.254. The predicted octanol–water partition coefficient (Wildman–Crippen LogP) is -0.132. The third-order valence-corrected chi connectivity index (χ3v) is 4.17. The monoisotopic (exact) mass is 288 g/mol. The number of pyridine rings is 1. The third-order valence-electron chi connectivity index (χ3n) is 2.92. The van der Waals surface area contributed by atoms with Gasteiger partial charge in [-0.3, -0.25) is 14.6 Å². The van der Waals surface area contributed by atoms with Crippen LogP contribution in [0.3, 0.4) is 0 Å². The Labute approximate surface area is 112 Å². The molecular weight excluding hydrogens is 271 g/mol. The fourth-order valence-corrected chi connectivity index (χ4v) is 2.96. The SMILES string of the molecule is O=S(=O)(CCN1CCNCC1)Nc1ccncc1F. The molecule has 0 amide bonds. The Morgan fingerprint density at radius 2 is 2.16 bits per heavy atom. The molecule has 1 aliphatic rings. The molecule has 0 saturated carbocycles. The summed E-state index contributed by atoms with van der Waals surface area (Å²) in [5.74, 6) is -0.720. The average Bonchev–Trinajstić information content (AvgIpc) is 2.40. The number of sulfonamides is 1. The largest absolute Gasteiger partial charge is 0.314 e. The Morgan fingerprint density at radius 1 is 1.42 bits per heavy atom. The smallest absolute Gasteiger partial charge is 0.234 e. The molecule has 2 heterocycles. The number of nitrogens with zero attached hydrogens (tertiary/aromatic N) is 2. The Balaban J connectivity index is 1.90. The van der Waals surface area contributed by atoms with Gasteiger partial charge in [0.2, 0.25) is 10.0 Å². The average molecular weight is 288 g/mol. The number of aromatic nitrogens is 1. The molecule has 0 aromatic carbocycles. The van der Waals surface area contributed by atoms with E-state index in [1.54, 1.807) is 0 Å². The van der Waals surface area contributed by atoms with Crippen LogP contribution in [0, 0.1) is 5.82 Å². The van der Waals surface area contributed by atoms with E-state index >= 15 is 0 Å². The molecule has 6 nitrogen and oxygen atoms in total. The molecule has 0 bridgehead atoms. The highest BCUT2D eigenvalue weighted by Gasteiger charge is 2.16. The molecule has 1 saturated heterocycles. The van der Waals surface area contributed by atoms with Crippen molar-refractivity contribution in [2.75, 3.05) is 43.2 Å². The van der Waals surface area contributed by atoms with Crippen molar-refractivity contribution in [3.63, 3.8) is 0 Å². The van der Waals surface area contributed by atoms with Crippen LogP contribution >= 0.6 is 0 Å². The van der Waals surface area contributed by atoms with Crippen molar-refractivity contribution >= 4 is 15.7 Å². The molecule has 0 atom stereocenters. The first-order chi connectivity index (χ1) is 9.07. The minimum absolute atomic E-state index is 0.0469. The Hall–Kier alpha value is -1.25. The van der Waals surface area contributed by atoms with E-state index in [0.29, 0.717) is 6.54 Å². The number of anilines is 1. The summed E-state index contributed by atoms with van der Waals surface area (Å²) >= 11 is 0. The van der Waals surface area contributed by atoms with E-state index in [4.69, 9.17) is 0 Å². The fourth-order valence-electron chi connectivity index (χ4n) is 1.86. The van der Waals surface area contributed by atoms with Crippen molar-refractivity contribution in [3.8, 4) is 0 Å². The van der Waals surface area contributed by atoms with Crippen LogP contribution in [0.15, 0.2) is 18.5 Å². The zero-order chi connectivity index (χ0) is 13.7. The van der Waals surface area contributed by atoms with Crippen LogP contribution in [-0.2, 0) is 10.0 Å². The van der Waals surface area contributed by atoms with Gasteiger partial charge >= 0.3 is 0 Å². The number of piperazine rings is 1. The Bertz CT molecular complexity index is 517. The van der Waals surface area contributed by atoms with E-state index in [0.717, 1.165) is 32.4 Å². The summed E-state index contributed by atoms with van der Waals surface area (Å²) in [5.41, 5.74) is -0.0599. The van der Waals surface area contributed by atoms with Gasteiger partial charge in [-0.2, -0.15) is 0 Å². The first-order valence-electron chi connectivity index (χ1n) is 6.10. The lowest BCUT2D eigenvalue weighted by atomic mass is 10.4. The van der Waals surface area contributed by atoms with E-state index < -0.39 is 15.8 Å². The van der Waals surface area contributed by atoms with E-state index in [-0.39, 0.29) is 11.4 Å². The van der Waals surface area contributed by atoms with Gasteiger partial charge in [0, 0.05) is 38.9 Å². The highest BCUT2D eigenvalue weighted by Crippen LogP contribution is 2.13. The standard InChI is InChI=1S/C11H17FN4O2S/c12-10-9-14-2-1-11(10)15-19(17,18)8-7-16-5-3-13-4-6-16/h1-2,9,13H,3-8H2,(H,14,15). The van der Waals surface area contributed by atoms with Crippen LogP contribution in [0.2, 0.25) is 0 Å². The molecule has 0 unspecified atom stereocenters. The van der Waals surface area contributed by atoms with E-state index in [2.05, 4.69) is 19.9 Å². The zero-order valence-corrected chi connectivity index (χ0v) is 11.3. The second-order valence-corrected chi connectivity index (χ2v) is 6.21. The molecule has 0 spiro atoms. The summed E-state index contributed by atoms with van der Waals surface area (Å²) in [6.07, 6.45) is 2.32. The molecule has 0 aliphatic carbocycles. The lowest BCUT2D eigenvalue weighted by Gasteiger charge is -2.26. The summed E-state index contributed by atoms with van der Waals surface area (Å²) in [5, 5.41) is 3.20. The molecule has 19 heavy (non-hydrogen) atoms.